The molecule has 1 spiro atoms. The molecule has 0 aliphatic carbocycles. The van der Waals surface area contributed by atoms with Crippen LogP contribution in [0, 0.1) is 5.41 Å². The standard InChI is InChI=1S/C14H17N3O2/c18-10-16-4-11(5-16)12-3-15-2-1-13(12)17-6-14(7-17)8-19-9-14/h1-3,10-11H,4-9H2. The van der Waals surface area contributed by atoms with E-state index >= 15 is 0 Å². The van der Waals surface area contributed by atoms with Gasteiger partial charge in [-0.15, -0.1) is 0 Å². The molecule has 1 amide bonds. The van der Waals surface area contributed by atoms with E-state index in [0.717, 1.165) is 45.8 Å². The molecule has 5 heteroatoms. The summed E-state index contributed by atoms with van der Waals surface area (Å²) in [4.78, 5) is 19.1. The molecule has 0 N–H and O–H groups in total. The lowest BCUT2D eigenvalue weighted by Gasteiger charge is -2.56. The minimum absolute atomic E-state index is 0.426. The van der Waals surface area contributed by atoms with E-state index in [-0.39, 0.29) is 0 Å². The Morgan fingerprint density at radius 3 is 2.79 bits per heavy atom. The Kier molecular flexibility index (Phi) is 2.33. The second-order valence-electron chi connectivity index (χ2n) is 6.04. The van der Waals surface area contributed by atoms with Crippen molar-refractivity contribution in [1.82, 2.24) is 9.88 Å². The highest BCUT2D eigenvalue weighted by molar-refractivity contribution is 5.59. The minimum atomic E-state index is 0.426. The van der Waals surface area contributed by atoms with Gasteiger partial charge in [0, 0.05) is 55.7 Å². The van der Waals surface area contributed by atoms with E-state index in [9.17, 15) is 4.79 Å². The molecule has 0 bridgehead atoms. The average molecular weight is 259 g/mol. The van der Waals surface area contributed by atoms with Crippen molar-refractivity contribution >= 4 is 12.1 Å². The van der Waals surface area contributed by atoms with Crippen molar-refractivity contribution in [3.05, 3.63) is 24.0 Å². The predicted molar refractivity (Wildman–Crippen MR) is 70.1 cm³/mol. The summed E-state index contributed by atoms with van der Waals surface area (Å²) in [6, 6.07) is 2.10. The summed E-state index contributed by atoms with van der Waals surface area (Å²) in [7, 11) is 0. The molecule has 100 valence electrons. The van der Waals surface area contributed by atoms with Gasteiger partial charge in [-0.25, -0.2) is 0 Å². The third-order valence-electron chi connectivity index (χ3n) is 4.54. The Balaban J connectivity index is 1.51. The van der Waals surface area contributed by atoms with Crippen molar-refractivity contribution in [3.8, 4) is 0 Å². The maximum atomic E-state index is 10.7. The van der Waals surface area contributed by atoms with Gasteiger partial charge in [-0.3, -0.25) is 9.78 Å². The zero-order valence-electron chi connectivity index (χ0n) is 10.8. The quantitative estimate of drug-likeness (QED) is 0.740. The number of anilines is 1. The highest BCUT2D eigenvalue weighted by Crippen LogP contribution is 2.43. The summed E-state index contributed by atoms with van der Waals surface area (Å²) in [5, 5.41) is 0. The van der Waals surface area contributed by atoms with Gasteiger partial charge in [0.2, 0.25) is 6.41 Å². The number of nitrogens with zero attached hydrogens (tertiary/aromatic N) is 3. The van der Waals surface area contributed by atoms with E-state index in [2.05, 4.69) is 16.0 Å². The van der Waals surface area contributed by atoms with E-state index in [4.69, 9.17) is 4.74 Å². The monoisotopic (exact) mass is 259 g/mol. The fraction of sp³-hybridized carbons (Fsp3) is 0.571. The van der Waals surface area contributed by atoms with Crippen molar-refractivity contribution in [3.63, 3.8) is 0 Å². The predicted octanol–water partition coefficient (Wildman–Crippen LogP) is 0.474. The molecular weight excluding hydrogens is 242 g/mol. The lowest BCUT2D eigenvalue weighted by molar-refractivity contribution is -0.127. The summed E-state index contributed by atoms with van der Waals surface area (Å²) >= 11 is 0. The van der Waals surface area contributed by atoms with Gasteiger partial charge in [0.05, 0.1) is 18.6 Å². The molecule has 0 atom stereocenters. The molecule has 4 heterocycles. The summed E-state index contributed by atoms with van der Waals surface area (Å²) in [5.41, 5.74) is 3.01. The number of carbonyl (C=O) groups excluding carboxylic acids is 1. The highest BCUT2D eigenvalue weighted by Gasteiger charge is 2.49. The van der Waals surface area contributed by atoms with Gasteiger partial charge < -0.3 is 14.5 Å². The smallest absolute Gasteiger partial charge is 0.209 e. The number of carbonyl (C=O) groups is 1. The topological polar surface area (TPSA) is 45.7 Å². The second-order valence-corrected chi connectivity index (χ2v) is 6.04. The van der Waals surface area contributed by atoms with Crippen LogP contribution in [-0.2, 0) is 9.53 Å². The fourth-order valence-electron chi connectivity index (χ4n) is 3.30. The number of pyridine rings is 1. The first-order chi connectivity index (χ1) is 9.30. The lowest BCUT2D eigenvalue weighted by Crippen LogP contribution is -2.66. The highest BCUT2D eigenvalue weighted by atomic mass is 16.5. The molecule has 4 rings (SSSR count). The maximum absolute atomic E-state index is 10.7. The molecule has 3 fully saturated rings. The van der Waals surface area contributed by atoms with Crippen LogP contribution in [0.1, 0.15) is 11.5 Å². The van der Waals surface area contributed by atoms with E-state index in [0.29, 0.717) is 11.3 Å². The van der Waals surface area contributed by atoms with Crippen LogP contribution in [0.4, 0.5) is 5.69 Å². The molecule has 5 nitrogen and oxygen atoms in total. The fourth-order valence-corrected chi connectivity index (χ4v) is 3.30. The summed E-state index contributed by atoms with van der Waals surface area (Å²) in [5.74, 6) is 0.447. The molecule has 0 unspecified atom stereocenters. The molecule has 0 radical (unpaired) electrons. The summed E-state index contributed by atoms with van der Waals surface area (Å²) < 4.78 is 5.32. The number of amides is 1. The summed E-state index contributed by atoms with van der Waals surface area (Å²) in [6.07, 6.45) is 4.75. The Labute approximate surface area is 112 Å². The molecule has 3 aliphatic heterocycles. The molecule has 19 heavy (non-hydrogen) atoms. The molecular formula is C14H17N3O2. The summed E-state index contributed by atoms with van der Waals surface area (Å²) in [6.45, 7) is 5.65. The molecule has 0 saturated carbocycles. The van der Waals surface area contributed by atoms with E-state index in [1.807, 2.05) is 12.4 Å². The van der Waals surface area contributed by atoms with Crippen LogP contribution in [0.2, 0.25) is 0 Å². The minimum Gasteiger partial charge on any atom is -0.380 e. The van der Waals surface area contributed by atoms with Gasteiger partial charge in [0.1, 0.15) is 0 Å². The van der Waals surface area contributed by atoms with Crippen molar-refractivity contribution < 1.29 is 9.53 Å². The Hall–Kier alpha value is -1.62. The number of likely N-dealkylation sites (tertiary alicyclic amines) is 1. The van der Waals surface area contributed by atoms with Crippen LogP contribution in [0.25, 0.3) is 0 Å². The third kappa shape index (κ3) is 1.64. The number of hydrogen-bond acceptors (Lipinski definition) is 4. The van der Waals surface area contributed by atoms with Crippen molar-refractivity contribution in [2.75, 3.05) is 44.3 Å². The normalized spacial score (nSPS) is 24.6. The molecule has 1 aromatic heterocycles. The molecule has 0 aromatic carbocycles. The number of ether oxygens (including phenoxy) is 1. The van der Waals surface area contributed by atoms with Crippen molar-refractivity contribution in [1.29, 1.82) is 0 Å². The van der Waals surface area contributed by atoms with Crippen LogP contribution in [0.5, 0.6) is 0 Å². The molecule has 3 saturated heterocycles. The van der Waals surface area contributed by atoms with Crippen LogP contribution in [0.15, 0.2) is 18.5 Å². The molecule has 1 aromatic rings. The van der Waals surface area contributed by atoms with Gasteiger partial charge in [-0.1, -0.05) is 0 Å². The lowest BCUT2D eigenvalue weighted by atomic mass is 9.77. The van der Waals surface area contributed by atoms with E-state index in [1.54, 1.807) is 4.90 Å². The van der Waals surface area contributed by atoms with Crippen LogP contribution < -0.4 is 4.90 Å². The zero-order chi connectivity index (χ0) is 12.9. The second kappa shape index (κ2) is 3.93. The van der Waals surface area contributed by atoms with Crippen LogP contribution in [0.3, 0.4) is 0 Å². The van der Waals surface area contributed by atoms with E-state index < -0.39 is 0 Å². The third-order valence-corrected chi connectivity index (χ3v) is 4.54. The van der Waals surface area contributed by atoms with Gasteiger partial charge in [0.15, 0.2) is 0 Å². The number of aromatic nitrogens is 1. The Bertz CT molecular complexity index is 501. The number of rotatable bonds is 3. The Morgan fingerprint density at radius 2 is 2.16 bits per heavy atom. The van der Waals surface area contributed by atoms with Crippen molar-refractivity contribution in [2.45, 2.75) is 5.92 Å². The first-order valence-electron chi connectivity index (χ1n) is 6.76. The van der Waals surface area contributed by atoms with Gasteiger partial charge in [-0.2, -0.15) is 0 Å². The zero-order valence-corrected chi connectivity index (χ0v) is 10.8. The van der Waals surface area contributed by atoms with Crippen molar-refractivity contribution in [2.24, 2.45) is 5.41 Å². The van der Waals surface area contributed by atoms with E-state index in [1.165, 1.54) is 11.3 Å². The van der Waals surface area contributed by atoms with Crippen LogP contribution in [-0.4, -0.2) is 55.7 Å². The van der Waals surface area contributed by atoms with Gasteiger partial charge >= 0.3 is 0 Å². The average Bonchev–Trinajstić information content (AvgIpc) is 2.26. The van der Waals surface area contributed by atoms with Gasteiger partial charge in [0.25, 0.3) is 0 Å². The van der Waals surface area contributed by atoms with Gasteiger partial charge in [-0.05, 0) is 6.07 Å². The molecule has 3 aliphatic rings. The number of hydrogen-bond donors (Lipinski definition) is 0. The largest absolute Gasteiger partial charge is 0.380 e. The first kappa shape index (κ1) is 11.2. The first-order valence-corrected chi connectivity index (χ1v) is 6.76. The Morgan fingerprint density at radius 1 is 1.37 bits per heavy atom. The van der Waals surface area contributed by atoms with Crippen LogP contribution >= 0.6 is 0 Å². The maximum Gasteiger partial charge on any atom is 0.209 e. The SMILES string of the molecule is O=CN1CC(c2cnccc2N2CC3(COC3)C2)C1.